The quantitative estimate of drug-likeness (QED) is 0.662. The minimum Gasteiger partial charge on any atom is -0.348 e. The van der Waals surface area contributed by atoms with Crippen LogP contribution in [0.25, 0.3) is 0 Å². The lowest BCUT2D eigenvalue weighted by molar-refractivity contribution is -0.385. The van der Waals surface area contributed by atoms with E-state index in [1.807, 2.05) is 0 Å². The molecule has 0 bridgehead atoms. The summed E-state index contributed by atoms with van der Waals surface area (Å²) in [6.45, 7) is 0. The SMILES string of the molecule is O=C(NC1CCCS(=O)(=O)C1)c1cc(F)ccc1[N+](=O)[O-]. The maximum absolute atomic E-state index is 13.2. The zero-order valence-corrected chi connectivity index (χ0v) is 11.7. The van der Waals surface area contributed by atoms with Gasteiger partial charge in [0.25, 0.3) is 11.6 Å². The van der Waals surface area contributed by atoms with Gasteiger partial charge in [0.1, 0.15) is 11.4 Å². The number of hydrogen-bond acceptors (Lipinski definition) is 5. The Kier molecular flexibility index (Phi) is 4.21. The predicted octanol–water partition coefficient (Wildman–Crippen LogP) is 1.04. The standard InChI is InChI=1S/C12H13FN2O5S/c13-8-3-4-11(15(17)18)10(6-8)12(16)14-9-2-1-5-21(19,20)7-9/h3-4,6,9H,1-2,5,7H2,(H,14,16). The maximum atomic E-state index is 13.2. The first-order valence-corrected chi connectivity index (χ1v) is 8.06. The molecule has 1 fully saturated rings. The number of carbonyl (C=O) groups excluding carboxylic acids is 1. The van der Waals surface area contributed by atoms with Crippen molar-refractivity contribution in [2.45, 2.75) is 18.9 Å². The van der Waals surface area contributed by atoms with Crippen LogP contribution in [0, 0.1) is 15.9 Å². The first-order valence-electron chi connectivity index (χ1n) is 6.24. The highest BCUT2D eigenvalue weighted by molar-refractivity contribution is 7.91. The molecule has 1 aliphatic rings. The highest BCUT2D eigenvalue weighted by Crippen LogP contribution is 2.20. The summed E-state index contributed by atoms with van der Waals surface area (Å²) in [6.07, 6.45) is 0.882. The normalized spacial score (nSPS) is 20.7. The lowest BCUT2D eigenvalue weighted by Gasteiger charge is -2.22. The van der Waals surface area contributed by atoms with Gasteiger partial charge in [-0.05, 0) is 25.0 Å². The third-order valence-electron chi connectivity index (χ3n) is 3.20. The molecular formula is C12H13FN2O5S. The van der Waals surface area contributed by atoms with Crippen molar-refractivity contribution >= 4 is 21.4 Å². The number of carbonyl (C=O) groups is 1. The molecule has 1 atom stereocenters. The first-order chi connectivity index (χ1) is 9.78. The molecule has 1 aliphatic heterocycles. The van der Waals surface area contributed by atoms with Gasteiger partial charge in [-0.2, -0.15) is 0 Å². The minimum absolute atomic E-state index is 0.0689. The molecule has 1 saturated heterocycles. The summed E-state index contributed by atoms with van der Waals surface area (Å²) >= 11 is 0. The van der Waals surface area contributed by atoms with E-state index in [9.17, 15) is 27.7 Å². The Morgan fingerprint density at radius 3 is 2.76 bits per heavy atom. The molecule has 0 spiro atoms. The van der Waals surface area contributed by atoms with Gasteiger partial charge in [0, 0.05) is 12.1 Å². The maximum Gasteiger partial charge on any atom is 0.282 e. The number of nitrogens with one attached hydrogen (secondary N) is 1. The van der Waals surface area contributed by atoms with Crippen LogP contribution in [0.4, 0.5) is 10.1 Å². The number of nitro benzene ring substituents is 1. The van der Waals surface area contributed by atoms with Crippen molar-refractivity contribution in [3.05, 3.63) is 39.7 Å². The summed E-state index contributed by atoms with van der Waals surface area (Å²) < 4.78 is 36.2. The minimum atomic E-state index is -3.22. The second-order valence-corrected chi connectivity index (χ2v) is 7.07. The topological polar surface area (TPSA) is 106 Å². The van der Waals surface area contributed by atoms with Crippen LogP contribution in [-0.4, -0.2) is 36.8 Å². The first kappa shape index (κ1) is 15.4. The van der Waals surface area contributed by atoms with E-state index in [-0.39, 0.29) is 11.5 Å². The Hall–Kier alpha value is -2.03. The van der Waals surface area contributed by atoms with Crippen LogP contribution >= 0.6 is 0 Å². The number of nitrogens with zero attached hydrogens (tertiary/aromatic N) is 1. The van der Waals surface area contributed by atoms with Gasteiger partial charge in [-0.1, -0.05) is 0 Å². The van der Waals surface area contributed by atoms with Crippen LogP contribution in [0.2, 0.25) is 0 Å². The molecule has 1 unspecified atom stereocenters. The molecule has 21 heavy (non-hydrogen) atoms. The summed E-state index contributed by atoms with van der Waals surface area (Å²) in [5.41, 5.74) is -0.935. The summed E-state index contributed by atoms with van der Waals surface area (Å²) in [5.74, 6) is -1.76. The van der Waals surface area contributed by atoms with Gasteiger partial charge in [0.05, 0.1) is 16.4 Å². The molecule has 114 valence electrons. The zero-order valence-electron chi connectivity index (χ0n) is 10.9. The molecule has 1 aromatic rings. The van der Waals surface area contributed by atoms with Crippen LogP contribution in [0.1, 0.15) is 23.2 Å². The Balaban J connectivity index is 2.21. The molecule has 1 amide bonds. The van der Waals surface area contributed by atoms with Crippen molar-refractivity contribution in [1.82, 2.24) is 5.32 Å². The van der Waals surface area contributed by atoms with Gasteiger partial charge in [-0.15, -0.1) is 0 Å². The molecule has 0 radical (unpaired) electrons. The van der Waals surface area contributed by atoms with E-state index in [4.69, 9.17) is 0 Å². The van der Waals surface area contributed by atoms with E-state index in [1.165, 1.54) is 0 Å². The Morgan fingerprint density at radius 1 is 1.43 bits per heavy atom. The van der Waals surface area contributed by atoms with E-state index >= 15 is 0 Å². The van der Waals surface area contributed by atoms with E-state index in [0.29, 0.717) is 12.8 Å². The average molecular weight is 316 g/mol. The Morgan fingerprint density at radius 2 is 2.14 bits per heavy atom. The molecule has 7 nitrogen and oxygen atoms in total. The molecule has 2 rings (SSSR count). The number of sulfone groups is 1. The van der Waals surface area contributed by atoms with Crippen molar-refractivity contribution in [1.29, 1.82) is 0 Å². The fraction of sp³-hybridized carbons (Fsp3) is 0.417. The van der Waals surface area contributed by atoms with Crippen molar-refractivity contribution in [2.75, 3.05) is 11.5 Å². The summed E-state index contributed by atoms with van der Waals surface area (Å²) in [5, 5.41) is 13.3. The smallest absolute Gasteiger partial charge is 0.282 e. The van der Waals surface area contributed by atoms with Gasteiger partial charge >= 0.3 is 0 Å². The summed E-state index contributed by atoms with van der Waals surface area (Å²) in [4.78, 5) is 22.1. The fourth-order valence-electron chi connectivity index (χ4n) is 2.25. The van der Waals surface area contributed by atoms with Gasteiger partial charge in [-0.25, -0.2) is 12.8 Å². The summed E-state index contributed by atoms with van der Waals surface area (Å²) in [7, 11) is -3.22. The third kappa shape index (κ3) is 3.75. The number of benzene rings is 1. The molecular weight excluding hydrogens is 303 g/mol. The zero-order chi connectivity index (χ0) is 15.6. The van der Waals surface area contributed by atoms with Crippen LogP contribution in [0.5, 0.6) is 0 Å². The van der Waals surface area contributed by atoms with Gasteiger partial charge in [0.2, 0.25) is 0 Å². The van der Waals surface area contributed by atoms with Crippen LogP contribution < -0.4 is 5.32 Å². The summed E-state index contributed by atoms with van der Waals surface area (Å²) in [6, 6.07) is 1.95. The number of halogens is 1. The highest BCUT2D eigenvalue weighted by Gasteiger charge is 2.28. The number of hydrogen-bond donors (Lipinski definition) is 1. The molecule has 0 aliphatic carbocycles. The Bertz CT molecular complexity index is 689. The second kappa shape index (κ2) is 5.76. The largest absolute Gasteiger partial charge is 0.348 e. The van der Waals surface area contributed by atoms with E-state index in [1.54, 1.807) is 0 Å². The monoisotopic (exact) mass is 316 g/mol. The van der Waals surface area contributed by atoms with Gasteiger partial charge < -0.3 is 5.32 Å². The van der Waals surface area contributed by atoms with Gasteiger partial charge in [0.15, 0.2) is 9.84 Å². The van der Waals surface area contributed by atoms with Gasteiger partial charge in [-0.3, -0.25) is 14.9 Å². The lowest BCUT2D eigenvalue weighted by Crippen LogP contribution is -2.43. The van der Waals surface area contributed by atoms with Crippen molar-refractivity contribution < 1.29 is 22.5 Å². The number of rotatable bonds is 3. The van der Waals surface area contributed by atoms with Crippen LogP contribution in [-0.2, 0) is 9.84 Å². The molecule has 0 saturated carbocycles. The highest BCUT2D eigenvalue weighted by atomic mass is 32.2. The number of amides is 1. The Labute approximate surface area is 120 Å². The van der Waals surface area contributed by atoms with E-state index in [2.05, 4.69) is 5.32 Å². The van der Waals surface area contributed by atoms with E-state index < -0.39 is 43.8 Å². The van der Waals surface area contributed by atoms with Crippen molar-refractivity contribution in [3.63, 3.8) is 0 Å². The molecule has 1 aromatic carbocycles. The molecule has 0 aromatic heterocycles. The molecule has 9 heteroatoms. The van der Waals surface area contributed by atoms with Crippen molar-refractivity contribution in [2.24, 2.45) is 0 Å². The lowest BCUT2D eigenvalue weighted by atomic mass is 10.1. The predicted molar refractivity (Wildman–Crippen MR) is 72.2 cm³/mol. The van der Waals surface area contributed by atoms with E-state index in [0.717, 1.165) is 18.2 Å². The second-order valence-electron chi connectivity index (χ2n) is 4.85. The van der Waals surface area contributed by atoms with Crippen LogP contribution in [0.15, 0.2) is 18.2 Å². The molecule has 1 N–H and O–H groups in total. The third-order valence-corrected chi connectivity index (χ3v) is 5.02. The molecule has 1 heterocycles. The van der Waals surface area contributed by atoms with Crippen LogP contribution in [0.3, 0.4) is 0 Å². The van der Waals surface area contributed by atoms with Crippen molar-refractivity contribution in [3.8, 4) is 0 Å². The average Bonchev–Trinajstić information content (AvgIpc) is 2.36. The number of nitro groups is 1. The fourth-order valence-corrected chi connectivity index (χ4v) is 3.89.